The third-order valence-electron chi connectivity index (χ3n) is 1.57. The van der Waals surface area contributed by atoms with Crippen LogP contribution in [-0.2, 0) is 9.73 Å². The van der Waals surface area contributed by atoms with Crippen molar-refractivity contribution in [3.63, 3.8) is 0 Å². The van der Waals surface area contributed by atoms with Gasteiger partial charge in [-0.1, -0.05) is 0 Å². The number of anilines is 1. The zero-order chi connectivity index (χ0) is 10.8. The molecule has 0 aliphatic rings. The molecule has 0 spiro atoms. The largest absolute Gasteiger partial charge is 0.463 e. The van der Waals surface area contributed by atoms with Crippen LogP contribution in [0.15, 0.2) is 33.5 Å². The number of nitrogens with zero attached hydrogens (tertiary/aromatic N) is 1. The first-order valence-electron chi connectivity index (χ1n) is 3.72. The van der Waals surface area contributed by atoms with E-state index in [1.165, 1.54) is 18.4 Å². The summed E-state index contributed by atoms with van der Waals surface area (Å²) in [6.45, 7) is 0. The maximum absolute atomic E-state index is 11.7. The number of carbonyl (C=O) groups is 1. The first-order valence-corrected chi connectivity index (χ1v) is 5.65. The summed E-state index contributed by atoms with van der Waals surface area (Å²) in [6.07, 6.45) is -0.165. The van der Waals surface area contributed by atoms with E-state index >= 15 is 0 Å². The standard InChI is InChI=1S/C8H10N2O3S/c1-14(13,10-8(11)12)7-4-2-6(9)3-5-7/h2-5H,9H2,1H3,(H,11,12). The summed E-state index contributed by atoms with van der Waals surface area (Å²) in [5.74, 6) is 0. The van der Waals surface area contributed by atoms with Crippen molar-refractivity contribution in [3.05, 3.63) is 24.3 Å². The van der Waals surface area contributed by atoms with Gasteiger partial charge in [-0.25, -0.2) is 9.00 Å². The predicted molar refractivity (Wildman–Crippen MR) is 53.6 cm³/mol. The third-order valence-corrected chi connectivity index (χ3v) is 3.22. The van der Waals surface area contributed by atoms with E-state index in [9.17, 15) is 9.00 Å². The molecule has 1 unspecified atom stereocenters. The number of amides is 1. The van der Waals surface area contributed by atoms with Gasteiger partial charge in [-0.2, -0.15) is 0 Å². The summed E-state index contributed by atoms with van der Waals surface area (Å²) >= 11 is 0. The van der Waals surface area contributed by atoms with E-state index in [2.05, 4.69) is 4.36 Å². The van der Waals surface area contributed by atoms with Crippen LogP contribution in [0.5, 0.6) is 0 Å². The lowest BCUT2D eigenvalue weighted by Crippen LogP contribution is -2.01. The molecule has 0 fully saturated rings. The Balaban J connectivity index is 3.24. The lowest BCUT2D eigenvalue weighted by molar-refractivity contribution is 0.206. The zero-order valence-corrected chi connectivity index (χ0v) is 8.32. The molecule has 1 aromatic rings. The first kappa shape index (κ1) is 10.5. The lowest BCUT2D eigenvalue weighted by atomic mass is 10.3. The average Bonchev–Trinajstić information content (AvgIpc) is 2.02. The Morgan fingerprint density at radius 3 is 2.36 bits per heavy atom. The summed E-state index contributed by atoms with van der Waals surface area (Å²) in [6, 6.07) is 6.11. The Hall–Kier alpha value is -1.56. The molecule has 1 aromatic carbocycles. The van der Waals surface area contributed by atoms with Crippen LogP contribution < -0.4 is 5.73 Å². The highest BCUT2D eigenvalue weighted by molar-refractivity contribution is 7.93. The summed E-state index contributed by atoms with van der Waals surface area (Å²) in [5.41, 5.74) is 5.96. The highest BCUT2D eigenvalue weighted by Crippen LogP contribution is 2.13. The topological polar surface area (TPSA) is 92.8 Å². The highest BCUT2D eigenvalue weighted by Gasteiger charge is 2.07. The Bertz CT molecular complexity index is 458. The molecule has 0 aliphatic heterocycles. The quantitative estimate of drug-likeness (QED) is 0.691. The van der Waals surface area contributed by atoms with E-state index in [1.54, 1.807) is 12.1 Å². The number of nitrogens with two attached hydrogens (primary N) is 1. The zero-order valence-electron chi connectivity index (χ0n) is 7.51. The monoisotopic (exact) mass is 214 g/mol. The lowest BCUT2D eigenvalue weighted by Gasteiger charge is -2.02. The highest BCUT2D eigenvalue weighted by atomic mass is 32.2. The van der Waals surface area contributed by atoms with E-state index in [0.29, 0.717) is 10.6 Å². The molecule has 1 rings (SSSR count). The second-order valence-corrected chi connectivity index (χ2v) is 5.00. The molecule has 3 N–H and O–H groups in total. The Morgan fingerprint density at radius 1 is 1.43 bits per heavy atom. The van der Waals surface area contributed by atoms with Crippen LogP contribution in [0.1, 0.15) is 0 Å². The van der Waals surface area contributed by atoms with Gasteiger partial charge in [0.15, 0.2) is 0 Å². The summed E-state index contributed by atoms with van der Waals surface area (Å²) in [5, 5.41) is 8.39. The third kappa shape index (κ3) is 2.46. The fraction of sp³-hybridized carbons (Fsp3) is 0.125. The van der Waals surface area contributed by atoms with Crippen molar-refractivity contribution < 1.29 is 14.1 Å². The molecular formula is C8H10N2O3S. The normalized spacial score (nSPS) is 14.4. The second kappa shape index (κ2) is 3.67. The van der Waals surface area contributed by atoms with E-state index < -0.39 is 15.8 Å². The van der Waals surface area contributed by atoms with Gasteiger partial charge in [0.05, 0.1) is 9.73 Å². The minimum Gasteiger partial charge on any atom is -0.463 e. The molecule has 76 valence electrons. The summed E-state index contributed by atoms with van der Waals surface area (Å²) in [4.78, 5) is 10.6. The average molecular weight is 214 g/mol. The molecule has 0 bridgehead atoms. The van der Waals surface area contributed by atoms with Gasteiger partial charge in [-0.05, 0) is 24.3 Å². The van der Waals surface area contributed by atoms with Gasteiger partial charge < -0.3 is 10.8 Å². The van der Waals surface area contributed by atoms with Crippen molar-refractivity contribution in [2.75, 3.05) is 12.0 Å². The Morgan fingerprint density at radius 2 is 1.93 bits per heavy atom. The fourth-order valence-electron chi connectivity index (χ4n) is 0.922. The minimum atomic E-state index is -2.86. The van der Waals surface area contributed by atoms with Gasteiger partial charge in [0.1, 0.15) is 0 Å². The number of rotatable bonds is 1. The van der Waals surface area contributed by atoms with Crippen LogP contribution in [0.2, 0.25) is 0 Å². The first-order chi connectivity index (χ1) is 6.42. The van der Waals surface area contributed by atoms with Crippen LogP contribution in [0.4, 0.5) is 10.5 Å². The summed E-state index contributed by atoms with van der Waals surface area (Å²) in [7, 11) is -2.86. The van der Waals surface area contributed by atoms with Gasteiger partial charge in [-0.15, -0.1) is 4.36 Å². The van der Waals surface area contributed by atoms with E-state index in [-0.39, 0.29) is 0 Å². The molecule has 1 atom stereocenters. The molecular weight excluding hydrogens is 204 g/mol. The maximum Gasteiger partial charge on any atom is 0.439 e. The SMILES string of the molecule is CS(=O)(=NC(=O)O)c1ccc(N)cc1. The number of hydrogen-bond donors (Lipinski definition) is 2. The van der Waals surface area contributed by atoms with Gasteiger partial charge in [0.2, 0.25) is 0 Å². The number of benzene rings is 1. The molecule has 0 radical (unpaired) electrons. The number of hydrogen-bond acceptors (Lipinski definition) is 3. The Kier molecular flexibility index (Phi) is 2.76. The van der Waals surface area contributed by atoms with Gasteiger partial charge in [0, 0.05) is 16.8 Å². The van der Waals surface area contributed by atoms with Crippen molar-refractivity contribution in [1.82, 2.24) is 0 Å². The van der Waals surface area contributed by atoms with Gasteiger partial charge >= 0.3 is 6.09 Å². The van der Waals surface area contributed by atoms with Crippen molar-refractivity contribution in [3.8, 4) is 0 Å². The van der Waals surface area contributed by atoms with Crippen molar-refractivity contribution in [1.29, 1.82) is 0 Å². The Labute approximate surface area is 81.7 Å². The van der Waals surface area contributed by atoms with Gasteiger partial charge in [0.25, 0.3) is 0 Å². The molecule has 6 heteroatoms. The molecule has 0 heterocycles. The van der Waals surface area contributed by atoms with E-state index in [1.807, 2.05) is 0 Å². The number of nitrogen functional groups attached to an aromatic ring is 1. The molecule has 0 saturated carbocycles. The summed E-state index contributed by atoms with van der Waals surface area (Å²) < 4.78 is 14.8. The molecule has 0 aliphatic carbocycles. The predicted octanol–water partition coefficient (Wildman–Crippen LogP) is 1.40. The van der Waals surface area contributed by atoms with Crippen LogP contribution in [-0.4, -0.2) is 21.7 Å². The van der Waals surface area contributed by atoms with Crippen molar-refractivity contribution >= 4 is 21.5 Å². The molecule has 5 nitrogen and oxygen atoms in total. The molecule has 1 amide bonds. The van der Waals surface area contributed by atoms with E-state index in [0.717, 1.165) is 0 Å². The van der Waals surface area contributed by atoms with Crippen molar-refractivity contribution in [2.45, 2.75) is 4.90 Å². The van der Waals surface area contributed by atoms with Gasteiger partial charge in [-0.3, -0.25) is 0 Å². The maximum atomic E-state index is 11.7. The van der Waals surface area contributed by atoms with Crippen LogP contribution in [0.3, 0.4) is 0 Å². The van der Waals surface area contributed by atoms with Crippen LogP contribution >= 0.6 is 0 Å². The molecule has 0 aromatic heterocycles. The second-order valence-electron chi connectivity index (χ2n) is 2.75. The van der Waals surface area contributed by atoms with Crippen LogP contribution in [0.25, 0.3) is 0 Å². The fourth-order valence-corrected chi connectivity index (χ4v) is 1.97. The molecule has 14 heavy (non-hydrogen) atoms. The minimum absolute atomic E-state index is 0.356. The van der Waals surface area contributed by atoms with E-state index in [4.69, 9.17) is 10.8 Å². The van der Waals surface area contributed by atoms with Crippen LogP contribution in [0, 0.1) is 0 Å². The number of carboxylic acid groups (broad SMARTS) is 1. The smallest absolute Gasteiger partial charge is 0.439 e. The molecule has 0 saturated heterocycles. The van der Waals surface area contributed by atoms with Crippen molar-refractivity contribution in [2.24, 2.45) is 4.36 Å².